The summed E-state index contributed by atoms with van der Waals surface area (Å²) in [5.41, 5.74) is 5.52. The maximum absolute atomic E-state index is 13.1. The lowest BCUT2D eigenvalue weighted by molar-refractivity contribution is 0.0973. The molecule has 3 N–H and O–H groups in total. The Labute approximate surface area is 193 Å². The van der Waals surface area contributed by atoms with Gasteiger partial charge in [0.1, 0.15) is 5.39 Å². The number of ether oxygens (including phenoxy) is 1. The van der Waals surface area contributed by atoms with Crippen molar-refractivity contribution < 1.29 is 4.74 Å². The van der Waals surface area contributed by atoms with Gasteiger partial charge in [0.15, 0.2) is 5.65 Å². The molecular formula is C21H22Cl2N6O3. The van der Waals surface area contributed by atoms with Crippen LogP contribution in [-0.4, -0.2) is 51.4 Å². The Morgan fingerprint density at radius 1 is 1.25 bits per heavy atom. The zero-order valence-electron chi connectivity index (χ0n) is 17.3. The molecule has 0 bridgehead atoms. The van der Waals surface area contributed by atoms with Crippen LogP contribution in [0, 0.1) is 5.41 Å². The molecule has 2 atom stereocenters. The molecule has 3 aromatic rings. The SMILES string of the molecule is C[C@@H]1OCC2(CCN(c3ncc4c(=O)n(-c5cccc(Cl)c5Cl)c(=O)[nH]c4n3)CC2)[C@@H]1N. The molecule has 2 saturated heterocycles. The minimum Gasteiger partial charge on any atom is -0.376 e. The largest absolute Gasteiger partial charge is 0.376 e. The van der Waals surface area contributed by atoms with Crippen molar-refractivity contribution in [2.75, 3.05) is 24.6 Å². The number of hydrogen-bond donors (Lipinski definition) is 2. The van der Waals surface area contributed by atoms with Gasteiger partial charge in [0.25, 0.3) is 5.56 Å². The van der Waals surface area contributed by atoms with Crippen LogP contribution in [0.3, 0.4) is 0 Å². The van der Waals surface area contributed by atoms with Gasteiger partial charge in [0.05, 0.1) is 28.4 Å². The van der Waals surface area contributed by atoms with Crippen molar-refractivity contribution in [1.82, 2.24) is 19.5 Å². The summed E-state index contributed by atoms with van der Waals surface area (Å²) < 4.78 is 6.71. The first kappa shape index (κ1) is 21.4. The number of rotatable bonds is 2. The Balaban J connectivity index is 1.48. The van der Waals surface area contributed by atoms with E-state index in [2.05, 4.69) is 15.0 Å². The minimum absolute atomic E-state index is 0.00954. The fraction of sp³-hybridized carbons (Fsp3) is 0.429. The van der Waals surface area contributed by atoms with Crippen LogP contribution in [0.2, 0.25) is 10.0 Å². The molecule has 2 aliphatic rings. The molecule has 11 heteroatoms. The van der Waals surface area contributed by atoms with E-state index in [-0.39, 0.29) is 44.3 Å². The molecular weight excluding hydrogens is 455 g/mol. The number of anilines is 1. The van der Waals surface area contributed by atoms with Gasteiger partial charge in [-0.2, -0.15) is 4.98 Å². The number of benzene rings is 1. The summed E-state index contributed by atoms with van der Waals surface area (Å²) in [7, 11) is 0. The first-order valence-corrected chi connectivity index (χ1v) is 11.1. The first-order valence-electron chi connectivity index (χ1n) is 10.4. The predicted molar refractivity (Wildman–Crippen MR) is 123 cm³/mol. The molecule has 1 aromatic carbocycles. The van der Waals surface area contributed by atoms with Crippen molar-refractivity contribution in [3.05, 3.63) is 55.3 Å². The Morgan fingerprint density at radius 2 is 2.00 bits per heavy atom. The van der Waals surface area contributed by atoms with Crippen LogP contribution in [0.25, 0.3) is 16.7 Å². The van der Waals surface area contributed by atoms with E-state index in [9.17, 15) is 9.59 Å². The lowest BCUT2D eigenvalue weighted by Gasteiger charge is -2.41. The summed E-state index contributed by atoms with van der Waals surface area (Å²) in [5, 5.41) is 0.536. The van der Waals surface area contributed by atoms with Gasteiger partial charge in [-0.15, -0.1) is 0 Å². The Kier molecular flexibility index (Phi) is 5.24. The van der Waals surface area contributed by atoms with Gasteiger partial charge in [-0.3, -0.25) is 9.78 Å². The van der Waals surface area contributed by atoms with Gasteiger partial charge < -0.3 is 15.4 Å². The highest BCUT2D eigenvalue weighted by Gasteiger charge is 2.47. The minimum atomic E-state index is -0.656. The fourth-order valence-corrected chi connectivity index (χ4v) is 5.04. The van der Waals surface area contributed by atoms with Gasteiger partial charge in [0, 0.05) is 30.7 Å². The number of aromatic amines is 1. The van der Waals surface area contributed by atoms with E-state index in [1.165, 1.54) is 6.20 Å². The van der Waals surface area contributed by atoms with Crippen LogP contribution in [-0.2, 0) is 4.74 Å². The first-order chi connectivity index (χ1) is 15.3. The van der Waals surface area contributed by atoms with E-state index in [0.717, 1.165) is 17.4 Å². The third-order valence-corrected chi connectivity index (χ3v) is 7.51. The van der Waals surface area contributed by atoms with E-state index in [1.54, 1.807) is 18.2 Å². The number of nitrogens with one attached hydrogen (secondary N) is 1. The van der Waals surface area contributed by atoms with E-state index in [1.807, 2.05) is 11.8 Å². The maximum Gasteiger partial charge on any atom is 0.334 e. The number of nitrogens with two attached hydrogens (primary N) is 1. The van der Waals surface area contributed by atoms with Gasteiger partial charge in [-0.25, -0.2) is 14.3 Å². The van der Waals surface area contributed by atoms with Crippen LogP contribution in [0.5, 0.6) is 0 Å². The molecule has 2 aliphatic heterocycles. The molecule has 0 radical (unpaired) electrons. The highest BCUT2D eigenvalue weighted by atomic mass is 35.5. The second-order valence-corrected chi connectivity index (χ2v) is 9.25. The van der Waals surface area contributed by atoms with E-state index in [4.69, 9.17) is 33.7 Å². The average Bonchev–Trinajstić information content (AvgIpc) is 3.05. The normalized spacial score (nSPS) is 22.7. The van der Waals surface area contributed by atoms with Crippen molar-refractivity contribution in [1.29, 1.82) is 0 Å². The summed E-state index contributed by atoms with van der Waals surface area (Å²) in [6.45, 7) is 4.11. The standard InChI is InChI=1S/C21H22Cl2N6O3/c1-11-16(24)21(10-32-11)5-7-28(8-6-21)19-25-9-12-17(26-19)27-20(31)29(18(12)30)14-4-2-3-13(22)15(14)23/h2-4,9,11,16H,5-8,10,24H2,1H3,(H,25,26,27,31)/t11-,16+/m0/s1. The molecule has 32 heavy (non-hydrogen) atoms. The monoisotopic (exact) mass is 476 g/mol. The van der Waals surface area contributed by atoms with E-state index < -0.39 is 11.2 Å². The number of nitrogens with zero attached hydrogens (tertiary/aromatic N) is 4. The average molecular weight is 477 g/mol. The molecule has 0 unspecified atom stereocenters. The van der Waals surface area contributed by atoms with Crippen LogP contribution < -0.4 is 21.9 Å². The van der Waals surface area contributed by atoms with Crippen LogP contribution in [0.15, 0.2) is 34.0 Å². The molecule has 4 heterocycles. The number of fused-ring (bicyclic) bond motifs is 1. The highest BCUT2D eigenvalue weighted by molar-refractivity contribution is 6.43. The predicted octanol–water partition coefficient (Wildman–Crippen LogP) is 2.11. The Morgan fingerprint density at radius 3 is 2.69 bits per heavy atom. The number of halogens is 2. The molecule has 0 aliphatic carbocycles. The number of hydrogen-bond acceptors (Lipinski definition) is 7. The second kappa shape index (κ2) is 7.84. The van der Waals surface area contributed by atoms with Crippen molar-refractivity contribution in [2.24, 2.45) is 11.1 Å². The zero-order valence-corrected chi connectivity index (χ0v) is 18.9. The van der Waals surface area contributed by atoms with Crippen molar-refractivity contribution in [3.8, 4) is 5.69 Å². The van der Waals surface area contributed by atoms with Crippen LogP contribution >= 0.6 is 23.2 Å². The molecule has 0 amide bonds. The summed E-state index contributed by atoms with van der Waals surface area (Å²) in [6.07, 6.45) is 3.22. The molecule has 5 rings (SSSR count). The van der Waals surface area contributed by atoms with Gasteiger partial charge in [-0.1, -0.05) is 29.3 Å². The number of piperidine rings is 1. The quantitative estimate of drug-likeness (QED) is 0.580. The number of H-pyrrole nitrogens is 1. The van der Waals surface area contributed by atoms with Gasteiger partial charge in [0.2, 0.25) is 5.95 Å². The second-order valence-electron chi connectivity index (χ2n) is 8.47. The third kappa shape index (κ3) is 3.31. The van der Waals surface area contributed by atoms with E-state index >= 15 is 0 Å². The van der Waals surface area contributed by atoms with Crippen LogP contribution in [0.4, 0.5) is 5.95 Å². The lowest BCUT2D eigenvalue weighted by Crippen LogP contribution is -2.51. The smallest absolute Gasteiger partial charge is 0.334 e. The Bertz CT molecular complexity index is 1320. The van der Waals surface area contributed by atoms with Crippen molar-refractivity contribution >= 4 is 40.2 Å². The van der Waals surface area contributed by atoms with Crippen molar-refractivity contribution in [3.63, 3.8) is 0 Å². The molecule has 2 aromatic heterocycles. The Hall–Kier alpha value is -2.46. The molecule has 168 valence electrons. The summed E-state index contributed by atoms with van der Waals surface area (Å²) in [5.74, 6) is 0.460. The lowest BCUT2D eigenvalue weighted by atomic mass is 9.73. The summed E-state index contributed by atoms with van der Waals surface area (Å²) >= 11 is 12.3. The maximum atomic E-state index is 13.1. The van der Waals surface area contributed by atoms with Gasteiger partial charge in [-0.05, 0) is 31.9 Å². The fourth-order valence-electron chi connectivity index (χ4n) is 4.66. The zero-order chi connectivity index (χ0) is 22.6. The third-order valence-electron chi connectivity index (χ3n) is 6.70. The molecule has 1 spiro atoms. The van der Waals surface area contributed by atoms with E-state index in [0.29, 0.717) is 25.6 Å². The summed E-state index contributed by atoms with van der Waals surface area (Å²) in [4.78, 5) is 39.4. The summed E-state index contributed by atoms with van der Waals surface area (Å²) in [6, 6.07) is 4.75. The highest BCUT2D eigenvalue weighted by Crippen LogP contribution is 2.41. The number of aromatic nitrogens is 4. The topological polar surface area (TPSA) is 119 Å². The van der Waals surface area contributed by atoms with Crippen molar-refractivity contribution in [2.45, 2.75) is 31.9 Å². The van der Waals surface area contributed by atoms with Gasteiger partial charge >= 0.3 is 5.69 Å². The molecule has 9 nitrogen and oxygen atoms in total. The van der Waals surface area contributed by atoms with Crippen LogP contribution in [0.1, 0.15) is 19.8 Å². The molecule has 2 fully saturated rings. The molecule has 0 saturated carbocycles.